The molecule has 0 saturated carbocycles. The van der Waals surface area contributed by atoms with Gasteiger partial charge in [-0.2, -0.15) is 0 Å². The van der Waals surface area contributed by atoms with Gasteiger partial charge in [-0.3, -0.25) is 14.5 Å². The Labute approximate surface area is 135 Å². The summed E-state index contributed by atoms with van der Waals surface area (Å²) >= 11 is 5.85. The number of nitrogens with zero attached hydrogens (tertiary/aromatic N) is 1. The Morgan fingerprint density at radius 1 is 1.41 bits per heavy atom. The predicted molar refractivity (Wildman–Crippen MR) is 84.8 cm³/mol. The van der Waals surface area contributed by atoms with Crippen molar-refractivity contribution in [2.24, 2.45) is 5.92 Å². The molecule has 2 N–H and O–H groups in total. The summed E-state index contributed by atoms with van der Waals surface area (Å²) in [6.45, 7) is 3.36. The molecule has 0 radical (unpaired) electrons. The molecule has 0 spiro atoms. The standard InChI is InChI=1S/C16H21ClN2O3/c1-11(12-4-6-14(17)7-5-12)18-15(20)10-19-8-2-3-13(9-19)16(21)22/h4-7,11,13H,2-3,8-10H2,1H3,(H,18,20)(H,21,22). The fourth-order valence-electron chi connectivity index (χ4n) is 2.73. The highest BCUT2D eigenvalue weighted by Crippen LogP contribution is 2.18. The number of hydrogen-bond acceptors (Lipinski definition) is 3. The zero-order valence-electron chi connectivity index (χ0n) is 12.6. The highest BCUT2D eigenvalue weighted by Gasteiger charge is 2.26. The summed E-state index contributed by atoms with van der Waals surface area (Å²) in [6, 6.07) is 7.25. The summed E-state index contributed by atoms with van der Waals surface area (Å²) in [5, 5.41) is 12.7. The van der Waals surface area contributed by atoms with Crippen LogP contribution in [0.25, 0.3) is 0 Å². The van der Waals surface area contributed by atoms with Crippen molar-refractivity contribution in [2.75, 3.05) is 19.6 Å². The van der Waals surface area contributed by atoms with Crippen molar-refractivity contribution >= 4 is 23.5 Å². The molecule has 1 aliphatic rings. The fraction of sp³-hybridized carbons (Fsp3) is 0.500. The number of piperidine rings is 1. The number of rotatable bonds is 5. The minimum atomic E-state index is -0.778. The minimum absolute atomic E-state index is 0.0894. The van der Waals surface area contributed by atoms with Crippen LogP contribution in [-0.4, -0.2) is 41.5 Å². The van der Waals surface area contributed by atoms with E-state index in [-0.39, 0.29) is 24.4 Å². The lowest BCUT2D eigenvalue weighted by atomic mass is 9.98. The van der Waals surface area contributed by atoms with Crippen molar-refractivity contribution in [3.8, 4) is 0 Å². The topological polar surface area (TPSA) is 69.6 Å². The molecule has 1 amide bonds. The second-order valence-corrected chi connectivity index (χ2v) is 6.19. The average Bonchev–Trinajstić information content (AvgIpc) is 2.47. The molecule has 0 aromatic heterocycles. The highest BCUT2D eigenvalue weighted by molar-refractivity contribution is 6.30. The van der Waals surface area contributed by atoms with Crippen molar-refractivity contribution in [1.82, 2.24) is 10.2 Å². The first-order valence-corrected chi connectivity index (χ1v) is 7.83. The largest absolute Gasteiger partial charge is 0.481 e. The quantitative estimate of drug-likeness (QED) is 0.872. The second-order valence-electron chi connectivity index (χ2n) is 5.75. The van der Waals surface area contributed by atoms with E-state index in [2.05, 4.69) is 5.32 Å². The molecule has 6 heteroatoms. The van der Waals surface area contributed by atoms with Crippen LogP contribution in [0, 0.1) is 5.92 Å². The van der Waals surface area contributed by atoms with Gasteiger partial charge in [0.2, 0.25) is 5.91 Å². The molecule has 5 nitrogen and oxygen atoms in total. The molecule has 1 aliphatic heterocycles. The van der Waals surface area contributed by atoms with Crippen LogP contribution in [0.1, 0.15) is 31.4 Å². The van der Waals surface area contributed by atoms with Crippen LogP contribution >= 0.6 is 11.6 Å². The van der Waals surface area contributed by atoms with Crippen molar-refractivity contribution in [2.45, 2.75) is 25.8 Å². The highest BCUT2D eigenvalue weighted by atomic mass is 35.5. The Kier molecular flexibility index (Phi) is 5.80. The number of amides is 1. The summed E-state index contributed by atoms with van der Waals surface area (Å²) in [5.74, 6) is -1.23. The predicted octanol–water partition coefficient (Wildman–Crippen LogP) is 2.31. The zero-order valence-corrected chi connectivity index (χ0v) is 13.3. The van der Waals surface area contributed by atoms with Crippen LogP contribution in [-0.2, 0) is 9.59 Å². The first kappa shape index (κ1) is 16.8. The molecule has 0 aliphatic carbocycles. The maximum absolute atomic E-state index is 12.1. The van der Waals surface area contributed by atoms with Gasteiger partial charge >= 0.3 is 5.97 Å². The van der Waals surface area contributed by atoms with Crippen LogP contribution in [0.2, 0.25) is 5.02 Å². The van der Waals surface area contributed by atoms with Gasteiger partial charge in [-0.1, -0.05) is 23.7 Å². The van der Waals surface area contributed by atoms with E-state index in [0.717, 1.165) is 18.5 Å². The summed E-state index contributed by atoms with van der Waals surface area (Å²) in [7, 11) is 0. The summed E-state index contributed by atoms with van der Waals surface area (Å²) in [5.41, 5.74) is 0.986. The molecule has 1 heterocycles. The van der Waals surface area contributed by atoms with Crippen LogP contribution in [0.5, 0.6) is 0 Å². The third-order valence-electron chi connectivity index (χ3n) is 3.97. The number of carbonyl (C=O) groups excluding carboxylic acids is 1. The molecule has 1 aromatic carbocycles. The average molecular weight is 325 g/mol. The van der Waals surface area contributed by atoms with E-state index in [0.29, 0.717) is 18.0 Å². The first-order chi connectivity index (χ1) is 10.5. The van der Waals surface area contributed by atoms with Gasteiger partial charge < -0.3 is 10.4 Å². The van der Waals surface area contributed by atoms with E-state index in [9.17, 15) is 9.59 Å². The number of aliphatic carboxylic acids is 1. The Bertz CT molecular complexity index is 533. The van der Waals surface area contributed by atoms with Gasteiger partial charge in [0, 0.05) is 11.6 Å². The lowest BCUT2D eigenvalue weighted by Crippen LogP contribution is -2.44. The van der Waals surface area contributed by atoms with Crippen LogP contribution < -0.4 is 5.32 Å². The molecule has 2 rings (SSSR count). The number of carboxylic acids is 1. The van der Waals surface area contributed by atoms with Gasteiger partial charge in [-0.25, -0.2) is 0 Å². The monoisotopic (exact) mass is 324 g/mol. The molecule has 1 saturated heterocycles. The van der Waals surface area contributed by atoms with Crippen molar-refractivity contribution in [3.05, 3.63) is 34.9 Å². The van der Waals surface area contributed by atoms with Crippen LogP contribution in [0.4, 0.5) is 0 Å². The third-order valence-corrected chi connectivity index (χ3v) is 4.22. The smallest absolute Gasteiger partial charge is 0.307 e. The van der Waals surface area contributed by atoms with E-state index in [1.165, 1.54) is 0 Å². The number of hydrogen-bond donors (Lipinski definition) is 2. The van der Waals surface area contributed by atoms with E-state index in [4.69, 9.17) is 16.7 Å². The number of halogens is 1. The Hall–Kier alpha value is -1.59. The fourth-order valence-corrected chi connectivity index (χ4v) is 2.85. The molecule has 120 valence electrons. The van der Waals surface area contributed by atoms with Crippen LogP contribution in [0.15, 0.2) is 24.3 Å². The number of carboxylic acid groups (broad SMARTS) is 1. The maximum Gasteiger partial charge on any atom is 0.307 e. The van der Waals surface area contributed by atoms with E-state index < -0.39 is 5.97 Å². The van der Waals surface area contributed by atoms with Gasteiger partial charge in [0.15, 0.2) is 0 Å². The first-order valence-electron chi connectivity index (χ1n) is 7.45. The van der Waals surface area contributed by atoms with E-state index in [1.807, 2.05) is 24.0 Å². The Morgan fingerprint density at radius 2 is 2.09 bits per heavy atom. The van der Waals surface area contributed by atoms with Gasteiger partial charge in [-0.05, 0) is 44.0 Å². The number of likely N-dealkylation sites (tertiary alicyclic amines) is 1. The van der Waals surface area contributed by atoms with Gasteiger partial charge in [0.1, 0.15) is 0 Å². The second kappa shape index (κ2) is 7.61. The van der Waals surface area contributed by atoms with Gasteiger partial charge in [-0.15, -0.1) is 0 Å². The summed E-state index contributed by atoms with van der Waals surface area (Å²) in [4.78, 5) is 25.1. The number of nitrogens with one attached hydrogen (secondary N) is 1. The Morgan fingerprint density at radius 3 is 2.73 bits per heavy atom. The van der Waals surface area contributed by atoms with E-state index >= 15 is 0 Å². The van der Waals surface area contributed by atoms with Crippen molar-refractivity contribution in [3.63, 3.8) is 0 Å². The molecule has 22 heavy (non-hydrogen) atoms. The molecular formula is C16H21ClN2O3. The van der Waals surface area contributed by atoms with Gasteiger partial charge in [0.25, 0.3) is 0 Å². The number of carbonyl (C=O) groups is 2. The zero-order chi connectivity index (χ0) is 16.1. The normalized spacial score (nSPS) is 20.4. The maximum atomic E-state index is 12.1. The molecule has 0 bridgehead atoms. The lowest BCUT2D eigenvalue weighted by molar-refractivity contribution is -0.144. The molecule has 1 aromatic rings. The molecule has 2 unspecified atom stereocenters. The van der Waals surface area contributed by atoms with Crippen LogP contribution in [0.3, 0.4) is 0 Å². The summed E-state index contributed by atoms with van der Waals surface area (Å²) < 4.78 is 0. The molecular weight excluding hydrogens is 304 g/mol. The summed E-state index contributed by atoms with van der Waals surface area (Å²) in [6.07, 6.45) is 1.51. The van der Waals surface area contributed by atoms with E-state index in [1.54, 1.807) is 12.1 Å². The van der Waals surface area contributed by atoms with Crippen molar-refractivity contribution in [1.29, 1.82) is 0 Å². The SMILES string of the molecule is CC(NC(=O)CN1CCCC(C(=O)O)C1)c1ccc(Cl)cc1. The number of benzene rings is 1. The third kappa shape index (κ3) is 4.71. The molecule has 2 atom stereocenters. The van der Waals surface area contributed by atoms with Crippen molar-refractivity contribution < 1.29 is 14.7 Å². The van der Waals surface area contributed by atoms with Gasteiger partial charge in [0.05, 0.1) is 18.5 Å². The molecule has 1 fully saturated rings. The minimum Gasteiger partial charge on any atom is -0.481 e. The lowest BCUT2D eigenvalue weighted by Gasteiger charge is -2.30. The Balaban J connectivity index is 1.84.